The smallest absolute Gasteiger partial charge is 0.355 e. The Balaban J connectivity index is 2.20. The first-order chi connectivity index (χ1) is 11.7. The average molecular weight is 366 g/mol. The summed E-state index contributed by atoms with van der Waals surface area (Å²) in [6, 6.07) is 10.4. The zero-order chi connectivity index (χ0) is 18.6. The van der Waals surface area contributed by atoms with Crippen molar-refractivity contribution in [2.24, 2.45) is 0 Å². The van der Waals surface area contributed by atoms with Crippen molar-refractivity contribution in [1.82, 2.24) is 0 Å². The van der Waals surface area contributed by atoms with Gasteiger partial charge in [0.25, 0.3) is 0 Å². The maximum absolute atomic E-state index is 12.4. The summed E-state index contributed by atoms with van der Waals surface area (Å²) in [4.78, 5) is 22.9. The normalized spacial score (nSPS) is 10.9. The van der Waals surface area contributed by atoms with E-state index in [9.17, 15) is 14.9 Å². The van der Waals surface area contributed by atoms with Crippen molar-refractivity contribution in [3.05, 3.63) is 57.6 Å². The van der Waals surface area contributed by atoms with Crippen LogP contribution in [0.3, 0.4) is 0 Å². The average Bonchev–Trinajstić information content (AvgIpc) is 2.56. The van der Waals surface area contributed by atoms with Gasteiger partial charge in [-0.3, -0.25) is 10.1 Å². The van der Waals surface area contributed by atoms with E-state index in [2.05, 4.69) is 0 Å². The second kappa shape index (κ2) is 7.40. The van der Waals surface area contributed by atoms with E-state index in [4.69, 9.17) is 25.8 Å². The van der Waals surface area contributed by atoms with Gasteiger partial charge in [0.05, 0.1) is 18.1 Å². The molecular formula is C17H16ClNO6. The van der Waals surface area contributed by atoms with Crippen LogP contribution in [0, 0.1) is 10.1 Å². The van der Waals surface area contributed by atoms with Gasteiger partial charge in [-0.2, -0.15) is 0 Å². The summed E-state index contributed by atoms with van der Waals surface area (Å²) in [5.41, 5.74) is -1.75. The minimum Gasteiger partial charge on any atom is -0.496 e. The maximum Gasteiger partial charge on any atom is 0.355 e. The Morgan fingerprint density at radius 1 is 1.12 bits per heavy atom. The molecule has 0 atom stereocenters. The molecule has 0 saturated carbocycles. The first-order valence-electron chi connectivity index (χ1n) is 7.22. The number of hydrogen-bond donors (Lipinski definition) is 0. The Morgan fingerprint density at radius 3 is 2.28 bits per heavy atom. The van der Waals surface area contributed by atoms with Crippen molar-refractivity contribution >= 4 is 23.3 Å². The molecule has 0 fully saturated rings. The van der Waals surface area contributed by atoms with Crippen LogP contribution in [0.1, 0.15) is 13.8 Å². The van der Waals surface area contributed by atoms with Crippen LogP contribution in [0.15, 0.2) is 42.5 Å². The SMILES string of the molecule is COc1ccc(OC(=O)C(C)(C)Oc2ccc(Cl)cc2)c([N+](=O)[O-])c1. The first kappa shape index (κ1) is 18.5. The molecule has 0 aliphatic rings. The number of methoxy groups -OCH3 is 1. The molecular weight excluding hydrogens is 350 g/mol. The maximum atomic E-state index is 12.4. The summed E-state index contributed by atoms with van der Waals surface area (Å²) in [6.07, 6.45) is 0. The van der Waals surface area contributed by atoms with Crippen molar-refractivity contribution in [3.8, 4) is 17.2 Å². The van der Waals surface area contributed by atoms with Crippen molar-refractivity contribution in [2.45, 2.75) is 19.4 Å². The van der Waals surface area contributed by atoms with Gasteiger partial charge in [0, 0.05) is 5.02 Å². The van der Waals surface area contributed by atoms with Crippen LogP contribution >= 0.6 is 11.6 Å². The molecule has 0 aliphatic heterocycles. The molecule has 25 heavy (non-hydrogen) atoms. The van der Waals surface area contributed by atoms with Gasteiger partial charge in [0.1, 0.15) is 11.5 Å². The number of halogens is 1. The number of nitro groups is 1. The molecule has 0 unspecified atom stereocenters. The van der Waals surface area contributed by atoms with Gasteiger partial charge in [0.2, 0.25) is 11.4 Å². The van der Waals surface area contributed by atoms with Gasteiger partial charge in [0.15, 0.2) is 0 Å². The lowest BCUT2D eigenvalue weighted by Gasteiger charge is -2.24. The molecule has 0 N–H and O–H groups in total. The highest BCUT2D eigenvalue weighted by atomic mass is 35.5. The van der Waals surface area contributed by atoms with Gasteiger partial charge < -0.3 is 14.2 Å². The molecule has 0 radical (unpaired) electrons. The summed E-state index contributed by atoms with van der Waals surface area (Å²) in [7, 11) is 1.38. The van der Waals surface area contributed by atoms with E-state index >= 15 is 0 Å². The molecule has 0 heterocycles. The fourth-order valence-corrected chi connectivity index (χ4v) is 2.04. The second-order valence-corrected chi connectivity index (χ2v) is 5.98. The van der Waals surface area contributed by atoms with E-state index in [0.29, 0.717) is 10.8 Å². The molecule has 7 nitrogen and oxygen atoms in total. The predicted octanol–water partition coefficient (Wildman–Crippen LogP) is 4.02. The van der Waals surface area contributed by atoms with Crippen LogP contribution in [0.5, 0.6) is 17.2 Å². The molecule has 0 bridgehead atoms. The van der Waals surface area contributed by atoms with E-state index in [1.165, 1.54) is 39.2 Å². The fourth-order valence-electron chi connectivity index (χ4n) is 1.91. The summed E-state index contributed by atoms with van der Waals surface area (Å²) >= 11 is 5.80. The number of hydrogen-bond acceptors (Lipinski definition) is 6. The summed E-state index contributed by atoms with van der Waals surface area (Å²) in [5.74, 6) is -0.280. The Labute approximate surface area is 149 Å². The molecule has 2 rings (SSSR count). The number of carbonyl (C=O) groups excluding carboxylic acids is 1. The molecule has 2 aromatic carbocycles. The number of esters is 1. The number of ether oxygens (including phenoxy) is 3. The van der Waals surface area contributed by atoms with Crippen molar-refractivity contribution in [3.63, 3.8) is 0 Å². The highest BCUT2D eigenvalue weighted by Gasteiger charge is 2.34. The third-order valence-electron chi connectivity index (χ3n) is 3.24. The number of carbonyl (C=O) groups is 1. The molecule has 0 aromatic heterocycles. The van der Waals surface area contributed by atoms with E-state index in [0.717, 1.165) is 0 Å². The van der Waals surface area contributed by atoms with Gasteiger partial charge >= 0.3 is 11.7 Å². The monoisotopic (exact) mass is 365 g/mol. The van der Waals surface area contributed by atoms with Crippen molar-refractivity contribution in [1.29, 1.82) is 0 Å². The summed E-state index contributed by atoms with van der Waals surface area (Å²) in [5, 5.41) is 11.7. The Morgan fingerprint density at radius 2 is 1.72 bits per heavy atom. The van der Waals surface area contributed by atoms with Crippen LogP contribution in [0.25, 0.3) is 0 Å². The molecule has 0 spiro atoms. The Bertz CT molecular complexity index is 788. The quantitative estimate of drug-likeness (QED) is 0.332. The summed E-state index contributed by atoms with van der Waals surface area (Å²) < 4.78 is 15.7. The van der Waals surface area contributed by atoms with Crippen LogP contribution in [0.2, 0.25) is 5.02 Å². The van der Waals surface area contributed by atoms with Gasteiger partial charge in [-0.15, -0.1) is 0 Å². The topological polar surface area (TPSA) is 87.9 Å². The minimum absolute atomic E-state index is 0.191. The van der Waals surface area contributed by atoms with Crippen LogP contribution in [-0.4, -0.2) is 23.6 Å². The number of rotatable bonds is 6. The van der Waals surface area contributed by atoms with Crippen molar-refractivity contribution in [2.75, 3.05) is 7.11 Å². The van der Waals surface area contributed by atoms with Gasteiger partial charge in [-0.05, 0) is 50.2 Å². The third-order valence-corrected chi connectivity index (χ3v) is 3.50. The van der Waals surface area contributed by atoms with E-state index in [-0.39, 0.29) is 17.2 Å². The molecule has 132 valence electrons. The lowest BCUT2D eigenvalue weighted by Crippen LogP contribution is -2.41. The minimum atomic E-state index is -1.37. The second-order valence-electron chi connectivity index (χ2n) is 5.55. The number of benzene rings is 2. The van der Waals surface area contributed by atoms with Crippen LogP contribution in [-0.2, 0) is 4.79 Å². The predicted molar refractivity (Wildman–Crippen MR) is 91.4 cm³/mol. The lowest BCUT2D eigenvalue weighted by atomic mass is 10.1. The van der Waals surface area contributed by atoms with Gasteiger partial charge in [-0.25, -0.2) is 4.79 Å². The first-order valence-corrected chi connectivity index (χ1v) is 7.60. The Hall–Kier alpha value is -2.80. The van der Waals surface area contributed by atoms with Gasteiger partial charge in [-0.1, -0.05) is 11.6 Å². The van der Waals surface area contributed by atoms with E-state index < -0.39 is 16.5 Å². The molecule has 0 amide bonds. The van der Waals surface area contributed by atoms with Crippen LogP contribution in [0.4, 0.5) is 5.69 Å². The zero-order valence-electron chi connectivity index (χ0n) is 13.8. The highest BCUT2D eigenvalue weighted by molar-refractivity contribution is 6.30. The molecule has 8 heteroatoms. The Kier molecular flexibility index (Phi) is 5.48. The molecule has 0 aliphatic carbocycles. The van der Waals surface area contributed by atoms with E-state index in [1.807, 2.05) is 0 Å². The molecule has 2 aromatic rings. The fraction of sp³-hybridized carbons (Fsp3) is 0.235. The highest BCUT2D eigenvalue weighted by Crippen LogP contribution is 2.32. The number of nitro benzene ring substituents is 1. The standard InChI is InChI=1S/C17H16ClNO6/c1-17(2,25-12-6-4-11(18)5-7-12)16(20)24-15-9-8-13(23-3)10-14(15)19(21)22/h4-10H,1-3H3. The molecule has 0 saturated heterocycles. The largest absolute Gasteiger partial charge is 0.496 e. The zero-order valence-corrected chi connectivity index (χ0v) is 14.6. The van der Waals surface area contributed by atoms with E-state index in [1.54, 1.807) is 24.3 Å². The lowest BCUT2D eigenvalue weighted by molar-refractivity contribution is -0.385. The number of nitrogens with zero attached hydrogens (tertiary/aromatic N) is 1. The summed E-state index contributed by atoms with van der Waals surface area (Å²) in [6.45, 7) is 3.00. The van der Waals surface area contributed by atoms with Crippen molar-refractivity contribution < 1.29 is 23.9 Å². The third kappa shape index (κ3) is 4.60. The van der Waals surface area contributed by atoms with Crippen LogP contribution < -0.4 is 14.2 Å².